The zero-order chi connectivity index (χ0) is 19.2. The number of carbonyl (C=O) groups excluding carboxylic acids is 3. The summed E-state index contributed by atoms with van der Waals surface area (Å²) in [5, 5.41) is 2.49. The van der Waals surface area contributed by atoms with Crippen LogP contribution in [-0.4, -0.2) is 23.4 Å². The summed E-state index contributed by atoms with van der Waals surface area (Å²) in [6.07, 6.45) is -0.713. The van der Waals surface area contributed by atoms with Crippen molar-refractivity contribution >= 4 is 23.5 Å². The van der Waals surface area contributed by atoms with Gasteiger partial charge in [0.05, 0.1) is 11.3 Å². The summed E-state index contributed by atoms with van der Waals surface area (Å²) in [7, 11) is 0. The van der Waals surface area contributed by atoms with E-state index in [1.54, 1.807) is 45.0 Å². The molecule has 0 bridgehead atoms. The van der Waals surface area contributed by atoms with Crippen LogP contribution in [0.3, 0.4) is 0 Å². The number of rotatable bonds is 5. The van der Waals surface area contributed by atoms with Crippen molar-refractivity contribution in [1.82, 2.24) is 0 Å². The summed E-state index contributed by atoms with van der Waals surface area (Å²) < 4.78 is 10.2. The molecule has 0 unspecified atom stereocenters. The van der Waals surface area contributed by atoms with Gasteiger partial charge in [-0.05, 0) is 38.5 Å². The van der Waals surface area contributed by atoms with Crippen molar-refractivity contribution < 1.29 is 23.9 Å². The van der Waals surface area contributed by atoms with Crippen molar-refractivity contribution in [1.29, 1.82) is 0 Å². The predicted molar refractivity (Wildman–Crippen MR) is 96.9 cm³/mol. The maximum absolute atomic E-state index is 12.4. The second-order valence-electron chi connectivity index (χ2n) is 6.56. The number of carbonyl (C=O) groups is 3. The fraction of sp³-hybridized carbons (Fsp3) is 0.250. The van der Waals surface area contributed by atoms with Crippen LogP contribution in [0.4, 0.5) is 10.5 Å². The van der Waals surface area contributed by atoms with E-state index in [1.807, 2.05) is 18.2 Å². The van der Waals surface area contributed by atoms with E-state index in [0.29, 0.717) is 0 Å². The second kappa shape index (κ2) is 8.29. The maximum Gasteiger partial charge on any atom is 0.412 e. The molecule has 1 N–H and O–H groups in total. The fourth-order valence-electron chi connectivity index (χ4n) is 2.10. The molecule has 136 valence electrons. The topological polar surface area (TPSA) is 81.7 Å². The Balaban J connectivity index is 2.06. The van der Waals surface area contributed by atoms with E-state index >= 15 is 0 Å². The van der Waals surface area contributed by atoms with Crippen molar-refractivity contribution in [2.24, 2.45) is 0 Å². The molecule has 0 atom stereocenters. The highest BCUT2D eigenvalue weighted by Gasteiger charge is 2.23. The van der Waals surface area contributed by atoms with Gasteiger partial charge in [-0.3, -0.25) is 10.1 Å². The molecule has 0 saturated carbocycles. The quantitative estimate of drug-likeness (QED) is 0.499. The molecule has 2 rings (SSSR count). The average Bonchev–Trinajstić information content (AvgIpc) is 2.58. The van der Waals surface area contributed by atoms with Crippen LogP contribution >= 0.6 is 0 Å². The van der Waals surface area contributed by atoms with Crippen LogP contribution < -0.4 is 5.32 Å². The monoisotopic (exact) mass is 355 g/mol. The molecule has 0 saturated heterocycles. The number of Topliss-reactive ketones (excluding diaryl/α,β-unsaturated/α-hetero) is 1. The minimum Gasteiger partial charge on any atom is -0.455 e. The van der Waals surface area contributed by atoms with Gasteiger partial charge in [0.25, 0.3) is 5.78 Å². The van der Waals surface area contributed by atoms with Gasteiger partial charge in [0.1, 0.15) is 12.2 Å². The third kappa shape index (κ3) is 5.73. The van der Waals surface area contributed by atoms with Gasteiger partial charge < -0.3 is 9.47 Å². The van der Waals surface area contributed by atoms with Crippen LogP contribution in [0.25, 0.3) is 0 Å². The smallest absolute Gasteiger partial charge is 0.412 e. The van der Waals surface area contributed by atoms with E-state index in [1.165, 1.54) is 12.1 Å². The normalized spacial score (nSPS) is 10.7. The van der Waals surface area contributed by atoms with E-state index in [-0.39, 0.29) is 17.9 Å². The van der Waals surface area contributed by atoms with Crippen molar-refractivity contribution in [2.75, 3.05) is 5.32 Å². The Kier molecular flexibility index (Phi) is 6.11. The minimum absolute atomic E-state index is 0.00687. The predicted octanol–water partition coefficient (Wildman–Crippen LogP) is 3.96. The van der Waals surface area contributed by atoms with E-state index < -0.39 is 23.4 Å². The van der Waals surface area contributed by atoms with E-state index in [9.17, 15) is 14.4 Å². The minimum atomic E-state index is -0.993. The number of amides is 1. The van der Waals surface area contributed by atoms with Gasteiger partial charge in [-0.15, -0.1) is 0 Å². The Morgan fingerprint density at radius 1 is 0.923 bits per heavy atom. The van der Waals surface area contributed by atoms with Gasteiger partial charge in [-0.25, -0.2) is 9.59 Å². The summed E-state index contributed by atoms with van der Waals surface area (Å²) in [4.78, 5) is 36.4. The first-order valence-corrected chi connectivity index (χ1v) is 8.11. The number of hydrogen-bond donors (Lipinski definition) is 1. The third-order valence-corrected chi connectivity index (χ3v) is 3.21. The molecule has 0 aliphatic carbocycles. The van der Waals surface area contributed by atoms with Crippen LogP contribution in [-0.2, 0) is 20.9 Å². The molecule has 6 heteroatoms. The van der Waals surface area contributed by atoms with Crippen molar-refractivity contribution in [3.8, 4) is 0 Å². The number of benzene rings is 2. The molecule has 6 nitrogen and oxygen atoms in total. The standard InChI is InChI=1S/C20H21NO5/c1-20(2,3)26-19(24)21-16-12-8-7-11-15(16)17(22)18(23)25-13-14-9-5-4-6-10-14/h4-12H,13H2,1-3H3,(H,21,24). The van der Waals surface area contributed by atoms with Gasteiger partial charge >= 0.3 is 12.1 Å². The molecule has 1 amide bonds. The lowest BCUT2D eigenvalue weighted by Gasteiger charge is -2.20. The van der Waals surface area contributed by atoms with E-state index in [2.05, 4.69) is 5.32 Å². The number of ether oxygens (including phenoxy) is 2. The Bertz CT molecular complexity index is 793. The Morgan fingerprint density at radius 2 is 1.54 bits per heavy atom. The van der Waals surface area contributed by atoms with E-state index in [0.717, 1.165) is 5.56 Å². The second-order valence-corrected chi connectivity index (χ2v) is 6.56. The molecule has 0 aliphatic heterocycles. The molecule has 0 heterocycles. The number of anilines is 1. The summed E-state index contributed by atoms with van der Waals surface area (Å²) in [6.45, 7) is 5.17. The van der Waals surface area contributed by atoms with Gasteiger partial charge in [0.15, 0.2) is 0 Å². The SMILES string of the molecule is CC(C)(C)OC(=O)Nc1ccccc1C(=O)C(=O)OCc1ccccc1. The van der Waals surface area contributed by atoms with Gasteiger partial charge in [-0.1, -0.05) is 42.5 Å². The fourth-order valence-corrected chi connectivity index (χ4v) is 2.10. The zero-order valence-electron chi connectivity index (χ0n) is 14.9. The summed E-state index contributed by atoms with van der Waals surface area (Å²) in [5.74, 6) is -1.83. The first kappa shape index (κ1) is 19.2. The van der Waals surface area contributed by atoms with Crippen LogP contribution in [0.2, 0.25) is 0 Å². The lowest BCUT2D eigenvalue weighted by atomic mass is 10.1. The number of ketones is 1. The van der Waals surface area contributed by atoms with Crippen molar-refractivity contribution in [3.05, 3.63) is 65.7 Å². The van der Waals surface area contributed by atoms with E-state index in [4.69, 9.17) is 9.47 Å². The van der Waals surface area contributed by atoms with Gasteiger partial charge in [0.2, 0.25) is 0 Å². The number of para-hydroxylation sites is 1. The summed E-state index contributed by atoms with van der Waals surface area (Å²) in [6, 6.07) is 15.2. The molecule has 26 heavy (non-hydrogen) atoms. The molecule has 2 aromatic carbocycles. The first-order valence-electron chi connectivity index (χ1n) is 8.11. The number of esters is 1. The molecule has 0 aromatic heterocycles. The molecular formula is C20H21NO5. The molecule has 0 radical (unpaired) electrons. The van der Waals surface area contributed by atoms with Crippen LogP contribution in [0.15, 0.2) is 54.6 Å². The molecule has 2 aromatic rings. The van der Waals surface area contributed by atoms with Crippen LogP contribution in [0.5, 0.6) is 0 Å². The van der Waals surface area contributed by atoms with Crippen LogP contribution in [0.1, 0.15) is 36.7 Å². The Labute approximate surface area is 152 Å². The molecule has 0 fully saturated rings. The highest BCUT2D eigenvalue weighted by atomic mass is 16.6. The number of nitrogens with one attached hydrogen (secondary N) is 1. The third-order valence-electron chi connectivity index (χ3n) is 3.21. The number of hydrogen-bond acceptors (Lipinski definition) is 5. The maximum atomic E-state index is 12.4. The van der Waals surface area contributed by atoms with Crippen molar-refractivity contribution in [2.45, 2.75) is 33.0 Å². The van der Waals surface area contributed by atoms with Gasteiger partial charge in [0, 0.05) is 0 Å². The largest absolute Gasteiger partial charge is 0.455 e. The zero-order valence-corrected chi connectivity index (χ0v) is 14.9. The van der Waals surface area contributed by atoms with Crippen molar-refractivity contribution in [3.63, 3.8) is 0 Å². The highest BCUT2D eigenvalue weighted by molar-refractivity contribution is 6.42. The van der Waals surface area contributed by atoms with Gasteiger partial charge in [-0.2, -0.15) is 0 Å². The summed E-state index contributed by atoms with van der Waals surface area (Å²) >= 11 is 0. The Hall–Kier alpha value is -3.15. The lowest BCUT2D eigenvalue weighted by molar-refractivity contribution is -0.139. The highest BCUT2D eigenvalue weighted by Crippen LogP contribution is 2.18. The average molecular weight is 355 g/mol. The first-order chi connectivity index (χ1) is 12.3. The van der Waals surface area contributed by atoms with Crippen LogP contribution in [0, 0.1) is 0 Å². The summed E-state index contributed by atoms with van der Waals surface area (Å²) in [5.41, 5.74) is 0.311. The molecule has 0 spiro atoms. The molecular weight excluding hydrogens is 334 g/mol. The molecule has 0 aliphatic rings. The Morgan fingerprint density at radius 3 is 2.19 bits per heavy atom. The lowest BCUT2D eigenvalue weighted by Crippen LogP contribution is -2.28.